The van der Waals surface area contributed by atoms with Crippen LogP contribution in [0.25, 0.3) is 0 Å². The van der Waals surface area contributed by atoms with Crippen molar-refractivity contribution in [3.8, 4) is 0 Å². The Balaban J connectivity index is 4.88. The number of thioether (sulfide) groups is 1. The van der Waals surface area contributed by atoms with Gasteiger partial charge in [-0.15, -0.1) is 0 Å². The summed E-state index contributed by atoms with van der Waals surface area (Å²) in [4.78, 5) is 0. The lowest BCUT2D eigenvalue weighted by atomic mass is 10.3. The number of hydrogen-bond acceptors (Lipinski definition) is 2. The van der Waals surface area contributed by atoms with E-state index in [0.29, 0.717) is 0 Å². The van der Waals surface area contributed by atoms with Crippen LogP contribution in [-0.2, 0) is 0 Å². The highest BCUT2D eigenvalue weighted by atomic mass is 32.2. The van der Waals surface area contributed by atoms with Crippen molar-refractivity contribution in [1.29, 1.82) is 0 Å². The number of allylic oxidation sites excluding steroid dienone is 1. The molecule has 0 aromatic heterocycles. The van der Waals surface area contributed by atoms with Gasteiger partial charge in [0.2, 0.25) is 5.83 Å². The fourth-order valence-corrected chi connectivity index (χ4v) is 0.972. The zero-order valence-corrected chi connectivity index (χ0v) is 7.73. The molecule has 0 aliphatic carbocycles. The van der Waals surface area contributed by atoms with E-state index in [0.717, 1.165) is 0 Å². The second kappa shape index (κ2) is 5.06. The van der Waals surface area contributed by atoms with Crippen LogP contribution in [0.3, 0.4) is 0 Å². The quantitative estimate of drug-likeness (QED) is 0.782. The first kappa shape index (κ1) is 14.6. The van der Waals surface area contributed by atoms with Crippen LogP contribution in [0.15, 0.2) is 11.0 Å². The molecular formula is C6H5F7OS. The predicted molar refractivity (Wildman–Crippen MR) is 39.8 cm³/mol. The summed E-state index contributed by atoms with van der Waals surface area (Å²) < 4.78 is 83.5. The highest BCUT2D eigenvalue weighted by Crippen LogP contribution is 2.44. The van der Waals surface area contributed by atoms with Crippen LogP contribution in [0.4, 0.5) is 30.7 Å². The molecule has 0 aliphatic heterocycles. The summed E-state index contributed by atoms with van der Waals surface area (Å²) >= 11 is -0.265. The van der Waals surface area contributed by atoms with E-state index in [4.69, 9.17) is 5.11 Å². The van der Waals surface area contributed by atoms with E-state index in [-0.39, 0.29) is 11.8 Å². The average molecular weight is 258 g/mol. The molecule has 0 fully saturated rings. The monoisotopic (exact) mass is 258 g/mol. The molecule has 0 heterocycles. The van der Waals surface area contributed by atoms with Gasteiger partial charge in [-0.05, 0) is 0 Å². The second-order valence-corrected chi connectivity index (χ2v) is 3.29. The first-order valence-corrected chi connectivity index (χ1v) is 4.37. The van der Waals surface area contributed by atoms with Gasteiger partial charge in [0.15, 0.2) is 5.16 Å². The van der Waals surface area contributed by atoms with Crippen LogP contribution in [0.1, 0.15) is 0 Å². The van der Waals surface area contributed by atoms with Crippen molar-refractivity contribution in [3.63, 3.8) is 0 Å². The second-order valence-electron chi connectivity index (χ2n) is 2.23. The van der Waals surface area contributed by atoms with Gasteiger partial charge in [0.25, 0.3) is 0 Å². The minimum absolute atomic E-state index is 0.265. The third-order valence-electron chi connectivity index (χ3n) is 1.12. The summed E-state index contributed by atoms with van der Waals surface area (Å²) in [5.74, 6) is -9.55. The molecule has 0 saturated carbocycles. The number of aliphatic hydroxyl groups is 1. The van der Waals surface area contributed by atoms with Gasteiger partial charge in [-0.3, -0.25) is 0 Å². The Kier molecular flexibility index (Phi) is 4.91. The first-order valence-electron chi connectivity index (χ1n) is 3.38. The van der Waals surface area contributed by atoms with E-state index in [1.807, 2.05) is 0 Å². The Bertz CT molecular complexity index is 246. The summed E-state index contributed by atoms with van der Waals surface area (Å²) in [5.41, 5.74) is 0. The molecule has 0 aromatic rings. The Hall–Kier alpha value is -0.440. The predicted octanol–water partition coefficient (Wildman–Crippen LogP) is 3.02. The maximum Gasteiger partial charge on any atom is 0.460 e. The Morgan fingerprint density at radius 2 is 1.53 bits per heavy atom. The van der Waals surface area contributed by atoms with Crippen molar-refractivity contribution in [2.45, 2.75) is 12.1 Å². The van der Waals surface area contributed by atoms with E-state index in [1.54, 1.807) is 0 Å². The third-order valence-corrected chi connectivity index (χ3v) is 1.94. The van der Waals surface area contributed by atoms with E-state index in [2.05, 4.69) is 0 Å². The molecule has 0 rings (SSSR count). The van der Waals surface area contributed by atoms with Gasteiger partial charge in [-0.1, -0.05) is 11.8 Å². The lowest BCUT2D eigenvalue weighted by Gasteiger charge is -2.17. The van der Waals surface area contributed by atoms with E-state index >= 15 is 0 Å². The summed E-state index contributed by atoms with van der Waals surface area (Å²) in [7, 11) is 0. The smallest absolute Gasteiger partial charge is 0.396 e. The SMILES string of the molecule is OCCSC(F)=C(F)C(F)(F)C(F)(F)F. The van der Waals surface area contributed by atoms with Gasteiger partial charge >= 0.3 is 12.1 Å². The molecule has 9 heteroatoms. The standard InChI is InChI=1S/C6H5F7OS/c7-3(4(8)15-2-1-14)5(9,10)6(11,12)13/h14H,1-2H2. The van der Waals surface area contributed by atoms with Crippen LogP contribution < -0.4 is 0 Å². The molecule has 0 bridgehead atoms. The molecule has 0 aliphatic rings. The van der Waals surface area contributed by atoms with Crippen LogP contribution in [0.5, 0.6) is 0 Å². The normalized spacial score (nSPS) is 15.2. The largest absolute Gasteiger partial charge is 0.460 e. The Morgan fingerprint density at radius 3 is 1.87 bits per heavy atom. The van der Waals surface area contributed by atoms with Crippen molar-refractivity contribution < 1.29 is 35.8 Å². The highest BCUT2D eigenvalue weighted by Gasteiger charge is 2.62. The maximum absolute atomic E-state index is 12.4. The van der Waals surface area contributed by atoms with Gasteiger partial charge in [0.05, 0.1) is 6.61 Å². The zero-order valence-electron chi connectivity index (χ0n) is 6.92. The minimum Gasteiger partial charge on any atom is -0.396 e. The molecule has 15 heavy (non-hydrogen) atoms. The molecule has 0 saturated heterocycles. The number of rotatable bonds is 4. The van der Waals surface area contributed by atoms with Crippen LogP contribution in [0, 0.1) is 0 Å². The Labute approximate surface area is 84.0 Å². The topological polar surface area (TPSA) is 20.2 Å². The van der Waals surface area contributed by atoms with Crippen LogP contribution in [-0.4, -0.2) is 29.6 Å². The molecule has 1 nitrogen and oxygen atoms in total. The van der Waals surface area contributed by atoms with Gasteiger partial charge in [0, 0.05) is 5.75 Å². The van der Waals surface area contributed by atoms with E-state index < -0.39 is 35.4 Å². The summed E-state index contributed by atoms with van der Waals surface area (Å²) in [5, 5.41) is 5.83. The maximum atomic E-state index is 12.4. The highest BCUT2D eigenvalue weighted by molar-refractivity contribution is 8.02. The number of alkyl halides is 5. The fourth-order valence-electron chi connectivity index (χ4n) is 0.446. The number of halogens is 7. The molecule has 0 radical (unpaired) electrons. The van der Waals surface area contributed by atoms with Crippen LogP contribution >= 0.6 is 11.8 Å². The van der Waals surface area contributed by atoms with Gasteiger partial charge in [0.1, 0.15) is 0 Å². The van der Waals surface area contributed by atoms with Crippen LogP contribution in [0.2, 0.25) is 0 Å². The molecule has 0 unspecified atom stereocenters. The minimum atomic E-state index is -6.19. The molecule has 0 spiro atoms. The summed E-state index contributed by atoms with van der Waals surface area (Å²) in [6, 6.07) is 0. The lowest BCUT2D eigenvalue weighted by molar-refractivity contribution is -0.271. The average Bonchev–Trinajstić information content (AvgIpc) is 2.10. The summed E-state index contributed by atoms with van der Waals surface area (Å²) in [6.07, 6.45) is -6.19. The fraction of sp³-hybridized carbons (Fsp3) is 0.667. The first-order chi connectivity index (χ1) is 6.64. The van der Waals surface area contributed by atoms with E-state index in [1.165, 1.54) is 0 Å². The molecular weight excluding hydrogens is 253 g/mol. The van der Waals surface area contributed by atoms with Crippen molar-refractivity contribution in [2.75, 3.05) is 12.4 Å². The Morgan fingerprint density at radius 1 is 1.07 bits per heavy atom. The molecule has 0 aromatic carbocycles. The molecule has 0 atom stereocenters. The molecule has 1 N–H and O–H groups in total. The van der Waals surface area contributed by atoms with E-state index in [9.17, 15) is 30.7 Å². The van der Waals surface area contributed by atoms with Gasteiger partial charge in [-0.25, -0.2) is 4.39 Å². The van der Waals surface area contributed by atoms with Crippen molar-refractivity contribution in [3.05, 3.63) is 11.0 Å². The summed E-state index contributed by atoms with van der Waals surface area (Å²) in [6.45, 7) is -0.678. The van der Waals surface area contributed by atoms with Gasteiger partial charge in [-0.2, -0.15) is 26.3 Å². The lowest BCUT2D eigenvalue weighted by Crippen LogP contribution is -2.37. The van der Waals surface area contributed by atoms with Gasteiger partial charge < -0.3 is 5.11 Å². The zero-order chi connectivity index (χ0) is 12.3. The number of aliphatic hydroxyl groups excluding tert-OH is 1. The van der Waals surface area contributed by atoms with Crippen molar-refractivity contribution in [2.24, 2.45) is 0 Å². The molecule has 0 amide bonds. The van der Waals surface area contributed by atoms with Crippen molar-refractivity contribution in [1.82, 2.24) is 0 Å². The number of hydrogen-bond donors (Lipinski definition) is 1. The third kappa shape index (κ3) is 3.56. The van der Waals surface area contributed by atoms with Crippen molar-refractivity contribution >= 4 is 11.8 Å². The molecule has 90 valence electrons.